The van der Waals surface area contributed by atoms with Crippen molar-refractivity contribution in [2.75, 3.05) is 41.0 Å². The van der Waals surface area contributed by atoms with Crippen LogP contribution in [0.1, 0.15) is 131 Å². The van der Waals surface area contributed by atoms with E-state index >= 15 is 0 Å². The van der Waals surface area contributed by atoms with Crippen molar-refractivity contribution in [1.29, 1.82) is 0 Å². The number of ketones is 3. The van der Waals surface area contributed by atoms with E-state index in [1.54, 1.807) is 72.3 Å². The molecule has 17 nitrogen and oxygen atoms in total. The summed E-state index contributed by atoms with van der Waals surface area (Å²) >= 11 is 0. The van der Waals surface area contributed by atoms with Gasteiger partial charge in [0.25, 0.3) is 11.7 Å². The van der Waals surface area contributed by atoms with Gasteiger partial charge in [0.1, 0.15) is 30.1 Å². The Balaban J connectivity index is 1.40. The second-order valence-electron chi connectivity index (χ2n) is 22.6. The van der Waals surface area contributed by atoms with E-state index in [0.29, 0.717) is 69.8 Å². The smallest absolute Gasteiger partial charge is 0.329 e. The fourth-order valence-corrected chi connectivity index (χ4v) is 12.5. The van der Waals surface area contributed by atoms with Crippen LogP contribution in [0.2, 0.25) is 0 Å². The predicted molar refractivity (Wildman–Crippen MR) is 295 cm³/mol. The molecule has 1 aromatic rings. The zero-order valence-corrected chi connectivity index (χ0v) is 48.8. The molecule has 3 aliphatic heterocycles. The van der Waals surface area contributed by atoms with Gasteiger partial charge in [-0.15, -0.1) is 0 Å². The standard InChI is InChI=1S/C60H90N2O15S/c1-37-20-25-47(26-21-37)78(70,71)61-28-30-75-50-27-23-45(34-53(50)73-10)33-41(5)52-36-49(63)40(4)32-43(7)55(65)56(74-11)54(64)42(6)31-38(2)17-13-12-14-18-39(3)51(72-9)35-46-24-22-44(8)60(69,77-46)57(66)58(67)62-29-16-15-19-48(62)59(68)76-52/h12-14,17-18,20-21,25-26,32,38,40-42,44-46,48,50-53,55-56,61,65,69H,15-16,19,22-24,27-31,33-36H2,1-11H3/b14-12+,17-13-,39-18+,43-32+/t38-,40-,41-,42-,44-,45-,46+,48+,50-,51+,52+,53-,55-,56+,60-/m1/s1. The number of Topliss-reactive ketones (excluding diaryl/α,β-unsaturated/α-hetero) is 3. The largest absolute Gasteiger partial charge is 0.460 e. The number of cyclic esters (lactones) is 1. The highest BCUT2D eigenvalue weighted by Gasteiger charge is 2.53. The number of nitrogens with zero attached hydrogens (tertiary/aromatic N) is 1. The lowest BCUT2D eigenvalue weighted by Crippen LogP contribution is -2.61. The first-order valence-corrected chi connectivity index (χ1v) is 29.6. The molecule has 436 valence electrons. The molecule has 5 rings (SSSR count). The Kier molecular flexibility index (Phi) is 24.8. The van der Waals surface area contributed by atoms with Crippen LogP contribution < -0.4 is 4.72 Å². The minimum absolute atomic E-state index is 0.00185. The molecule has 3 fully saturated rings. The number of allylic oxidation sites excluding steroid dienone is 6. The van der Waals surface area contributed by atoms with Crippen molar-refractivity contribution in [3.63, 3.8) is 0 Å². The number of nitrogens with one attached hydrogen (secondary N) is 1. The zero-order chi connectivity index (χ0) is 57.5. The fourth-order valence-electron chi connectivity index (χ4n) is 11.5. The summed E-state index contributed by atoms with van der Waals surface area (Å²) in [6.45, 7) is 14.7. The monoisotopic (exact) mass is 1110 g/mol. The van der Waals surface area contributed by atoms with E-state index in [1.165, 1.54) is 12.0 Å². The maximum atomic E-state index is 14.6. The number of carbonyl (C=O) groups is 5. The molecule has 15 atom stereocenters. The number of aliphatic hydroxyl groups is 2. The molecule has 18 heteroatoms. The van der Waals surface area contributed by atoms with E-state index in [1.807, 2.05) is 58.1 Å². The van der Waals surface area contributed by atoms with Crippen molar-refractivity contribution in [3.8, 4) is 0 Å². The number of hydrogen-bond acceptors (Lipinski definition) is 15. The molecule has 3 N–H and O–H groups in total. The molecule has 0 radical (unpaired) electrons. The fraction of sp³-hybridized carbons (Fsp3) is 0.683. The summed E-state index contributed by atoms with van der Waals surface area (Å²) in [6.07, 6.45) is 11.1. The topological polar surface area (TPSA) is 231 Å². The Morgan fingerprint density at radius 2 is 1.55 bits per heavy atom. The first-order chi connectivity index (χ1) is 36.9. The van der Waals surface area contributed by atoms with Crippen LogP contribution in [0.3, 0.4) is 0 Å². The molecule has 0 aromatic heterocycles. The van der Waals surface area contributed by atoms with Gasteiger partial charge in [-0.25, -0.2) is 17.9 Å². The van der Waals surface area contributed by atoms with Crippen LogP contribution in [0.4, 0.5) is 0 Å². The molecular weight excluding hydrogens is 1020 g/mol. The molecule has 2 bridgehead atoms. The number of rotatable bonds is 12. The van der Waals surface area contributed by atoms with Crippen molar-refractivity contribution in [2.45, 2.75) is 192 Å². The average molecular weight is 1110 g/mol. The van der Waals surface area contributed by atoms with Crippen LogP contribution in [0.15, 0.2) is 76.8 Å². The summed E-state index contributed by atoms with van der Waals surface area (Å²) in [4.78, 5) is 72.9. The highest BCUT2D eigenvalue weighted by atomic mass is 32.2. The molecule has 0 unspecified atom stereocenters. The van der Waals surface area contributed by atoms with Gasteiger partial charge in [-0.1, -0.05) is 88.8 Å². The number of aryl methyl sites for hydroxylation is 1. The van der Waals surface area contributed by atoms with E-state index in [2.05, 4.69) is 4.72 Å². The SMILES string of the molecule is CO[C@H]1C[C@@H]2CC[C@@H](C)[C@@](O)(O2)C(=O)C(=O)N2CCCC[C@H]2C(=O)O[C@H]([C@H](C)C[C@H]2CC[C@@H](OCCNS(=O)(=O)c3ccc(C)cc3)[C@H](OC)C2)CC(=O)[C@H](C)/C=C(\C)[C@@H](O)[C@@H](OC)C(=O)[C@H](C)C[C@H](C)\C=C/C=C/C=C/1C. The molecule has 1 saturated carbocycles. The summed E-state index contributed by atoms with van der Waals surface area (Å²) in [6, 6.07) is 5.41. The first kappa shape index (κ1) is 64.6. The first-order valence-electron chi connectivity index (χ1n) is 28.1. The van der Waals surface area contributed by atoms with E-state index < -0.39 is 93.7 Å². The normalized spacial score (nSPS) is 35.8. The lowest BCUT2D eigenvalue weighted by atomic mass is 9.78. The quantitative estimate of drug-likeness (QED) is 0.0797. The van der Waals surface area contributed by atoms with E-state index in [0.717, 1.165) is 11.1 Å². The van der Waals surface area contributed by atoms with Crippen LogP contribution in [0.5, 0.6) is 0 Å². The van der Waals surface area contributed by atoms with Crippen LogP contribution in [-0.4, -0.2) is 148 Å². The number of fused-ring (bicyclic) bond motifs is 3. The van der Waals surface area contributed by atoms with Gasteiger partial charge >= 0.3 is 5.97 Å². The van der Waals surface area contributed by atoms with Crippen molar-refractivity contribution >= 4 is 39.2 Å². The average Bonchev–Trinajstić information content (AvgIpc) is 3.44. The Morgan fingerprint density at radius 1 is 0.833 bits per heavy atom. The number of amides is 1. The van der Waals surface area contributed by atoms with Crippen LogP contribution in [-0.2, 0) is 62.4 Å². The van der Waals surface area contributed by atoms with Crippen LogP contribution in [0, 0.1) is 42.4 Å². The Labute approximate surface area is 464 Å². The summed E-state index contributed by atoms with van der Waals surface area (Å²) in [5.41, 5.74) is 2.18. The number of methoxy groups -OCH3 is 3. The summed E-state index contributed by atoms with van der Waals surface area (Å²) in [5, 5.41) is 23.6. The molecule has 0 spiro atoms. The molecule has 1 aromatic carbocycles. The lowest BCUT2D eigenvalue weighted by Gasteiger charge is -2.42. The van der Waals surface area contributed by atoms with Crippen molar-refractivity contribution < 1.29 is 71.0 Å². The number of piperidine rings is 1. The van der Waals surface area contributed by atoms with E-state index in [9.17, 15) is 42.6 Å². The summed E-state index contributed by atoms with van der Waals surface area (Å²) < 4.78 is 64.5. The number of carbonyl (C=O) groups excluding carboxylic acids is 5. The molecule has 78 heavy (non-hydrogen) atoms. The summed E-state index contributed by atoms with van der Waals surface area (Å²) in [7, 11) is 0.819. The number of ether oxygens (including phenoxy) is 6. The zero-order valence-electron chi connectivity index (χ0n) is 48.0. The Hall–Kier alpha value is -4.24. The third kappa shape index (κ3) is 17.4. The maximum absolute atomic E-state index is 14.6. The van der Waals surface area contributed by atoms with E-state index in [4.69, 9.17) is 28.4 Å². The van der Waals surface area contributed by atoms with Gasteiger partial charge in [-0.05, 0) is 126 Å². The van der Waals surface area contributed by atoms with Gasteiger partial charge in [0, 0.05) is 65.0 Å². The number of sulfonamides is 1. The van der Waals surface area contributed by atoms with Gasteiger partial charge in [0.05, 0.1) is 35.9 Å². The van der Waals surface area contributed by atoms with Crippen LogP contribution in [0.25, 0.3) is 0 Å². The molecule has 3 heterocycles. The van der Waals surface area contributed by atoms with Gasteiger partial charge in [-0.2, -0.15) is 0 Å². The van der Waals surface area contributed by atoms with Gasteiger partial charge < -0.3 is 43.5 Å². The number of hydrogen-bond donors (Lipinski definition) is 3. The third-order valence-electron chi connectivity index (χ3n) is 16.5. The number of aliphatic hydroxyl groups excluding tert-OH is 1. The Bertz CT molecular complexity index is 2420. The lowest BCUT2D eigenvalue weighted by molar-refractivity contribution is -0.265. The van der Waals surface area contributed by atoms with Crippen molar-refractivity contribution in [2.24, 2.45) is 35.5 Å². The number of esters is 1. The third-order valence-corrected chi connectivity index (χ3v) is 18.0. The van der Waals surface area contributed by atoms with Crippen molar-refractivity contribution in [3.05, 3.63) is 77.4 Å². The highest BCUT2D eigenvalue weighted by Crippen LogP contribution is 2.38. The van der Waals surface area contributed by atoms with Crippen molar-refractivity contribution in [1.82, 2.24) is 9.62 Å². The minimum atomic E-state index is -3.72. The molecular formula is C60H90N2O15S. The summed E-state index contributed by atoms with van der Waals surface area (Å²) in [5.74, 6) is -8.34. The molecule has 1 aliphatic carbocycles. The molecule has 1 amide bonds. The second kappa shape index (κ2) is 30.0. The van der Waals surface area contributed by atoms with Gasteiger partial charge in [0.2, 0.25) is 15.8 Å². The predicted octanol–water partition coefficient (Wildman–Crippen LogP) is 7.49. The van der Waals surface area contributed by atoms with Crippen LogP contribution >= 0.6 is 0 Å². The van der Waals surface area contributed by atoms with Gasteiger partial charge in [0.15, 0.2) is 5.78 Å². The Morgan fingerprint density at radius 3 is 2.23 bits per heavy atom. The molecule has 2 saturated heterocycles. The second-order valence-corrected chi connectivity index (χ2v) is 24.4. The van der Waals surface area contributed by atoms with Gasteiger partial charge in [-0.3, -0.25) is 19.2 Å². The minimum Gasteiger partial charge on any atom is -0.460 e. The molecule has 4 aliphatic rings. The maximum Gasteiger partial charge on any atom is 0.329 e. The number of benzene rings is 1. The highest BCUT2D eigenvalue weighted by molar-refractivity contribution is 7.89. The van der Waals surface area contributed by atoms with E-state index in [-0.39, 0.29) is 73.0 Å².